The molecule has 0 aliphatic heterocycles. The van der Waals surface area contributed by atoms with Crippen LogP contribution in [0.25, 0.3) is 0 Å². The number of aromatic nitrogens is 1. The molecule has 1 rings (SSSR count). The van der Waals surface area contributed by atoms with E-state index in [4.69, 9.17) is 0 Å². The highest BCUT2D eigenvalue weighted by Crippen LogP contribution is 2.21. The van der Waals surface area contributed by atoms with Crippen molar-refractivity contribution in [1.29, 1.82) is 0 Å². The zero-order valence-corrected chi connectivity index (χ0v) is 13.3. The van der Waals surface area contributed by atoms with Gasteiger partial charge >= 0.3 is 0 Å². The number of sulfone groups is 1. The van der Waals surface area contributed by atoms with Crippen LogP contribution < -0.4 is 5.32 Å². The molecule has 0 spiro atoms. The van der Waals surface area contributed by atoms with Crippen LogP contribution in [-0.2, 0) is 19.9 Å². The van der Waals surface area contributed by atoms with E-state index in [1.165, 1.54) is 25.4 Å². The van der Waals surface area contributed by atoms with Crippen LogP contribution in [0.2, 0.25) is 0 Å². The lowest BCUT2D eigenvalue weighted by atomic mass is 10.4. The van der Waals surface area contributed by atoms with E-state index in [-0.39, 0.29) is 23.0 Å². The predicted octanol–water partition coefficient (Wildman–Crippen LogP) is 0.179. The fourth-order valence-corrected chi connectivity index (χ4v) is 3.49. The topological polar surface area (TPSA) is 96.4 Å². The summed E-state index contributed by atoms with van der Waals surface area (Å²) in [5.74, 6) is 0.0423. The van der Waals surface area contributed by atoms with Crippen molar-refractivity contribution in [3.05, 3.63) is 18.3 Å². The molecule has 20 heavy (non-hydrogen) atoms. The summed E-state index contributed by atoms with van der Waals surface area (Å²) in [5.41, 5.74) is 0. The molecule has 0 atom stereocenters. The Labute approximate surface area is 120 Å². The fourth-order valence-electron chi connectivity index (χ4n) is 1.48. The Balaban J connectivity index is 3.04. The Bertz CT molecular complexity index is 656. The molecule has 0 aromatic carbocycles. The lowest BCUT2D eigenvalue weighted by Crippen LogP contribution is -2.32. The maximum atomic E-state index is 12.4. The fraction of sp³-hybridized carbons (Fsp3) is 0.545. The molecular formula is C11H19N3O4S2. The van der Waals surface area contributed by atoms with E-state index < -0.39 is 19.9 Å². The van der Waals surface area contributed by atoms with Crippen LogP contribution in [-0.4, -0.2) is 58.3 Å². The Morgan fingerprint density at radius 1 is 1.30 bits per heavy atom. The number of anilines is 1. The van der Waals surface area contributed by atoms with Crippen molar-refractivity contribution in [3.63, 3.8) is 0 Å². The van der Waals surface area contributed by atoms with Crippen LogP contribution in [0.3, 0.4) is 0 Å². The van der Waals surface area contributed by atoms with E-state index in [2.05, 4.69) is 10.3 Å². The van der Waals surface area contributed by atoms with E-state index in [9.17, 15) is 16.8 Å². The van der Waals surface area contributed by atoms with Gasteiger partial charge in [-0.3, -0.25) is 0 Å². The van der Waals surface area contributed by atoms with Gasteiger partial charge in [-0.15, -0.1) is 0 Å². The summed E-state index contributed by atoms with van der Waals surface area (Å²) >= 11 is 0. The van der Waals surface area contributed by atoms with E-state index in [0.29, 0.717) is 6.54 Å². The van der Waals surface area contributed by atoms with E-state index in [1.807, 2.05) is 6.92 Å². The Hall–Kier alpha value is -1.19. The number of pyridine rings is 1. The molecule has 0 aliphatic carbocycles. The maximum absolute atomic E-state index is 12.4. The van der Waals surface area contributed by atoms with Crippen molar-refractivity contribution < 1.29 is 16.8 Å². The van der Waals surface area contributed by atoms with Crippen LogP contribution in [0, 0.1) is 0 Å². The first-order chi connectivity index (χ1) is 9.18. The van der Waals surface area contributed by atoms with Gasteiger partial charge in [0.05, 0.1) is 5.75 Å². The third-order valence-corrected chi connectivity index (χ3v) is 5.39. The number of sulfonamides is 1. The van der Waals surface area contributed by atoms with Gasteiger partial charge in [-0.25, -0.2) is 21.8 Å². The number of nitrogens with zero attached hydrogens (tertiary/aromatic N) is 2. The number of hydrogen-bond donors (Lipinski definition) is 1. The molecule has 9 heteroatoms. The molecule has 0 saturated heterocycles. The summed E-state index contributed by atoms with van der Waals surface area (Å²) in [6.45, 7) is 2.27. The van der Waals surface area contributed by atoms with Crippen molar-refractivity contribution in [2.24, 2.45) is 0 Å². The number of nitrogens with one attached hydrogen (secondary N) is 1. The monoisotopic (exact) mass is 321 g/mol. The highest BCUT2D eigenvalue weighted by Gasteiger charge is 2.25. The molecule has 0 bridgehead atoms. The third-order valence-electron chi connectivity index (χ3n) is 2.58. The van der Waals surface area contributed by atoms with Crippen molar-refractivity contribution in [2.45, 2.75) is 11.8 Å². The highest BCUT2D eigenvalue weighted by molar-refractivity contribution is 7.91. The van der Waals surface area contributed by atoms with Crippen LogP contribution in [0.15, 0.2) is 23.2 Å². The molecule has 1 heterocycles. The van der Waals surface area contributed by atoms with Crippen LogP contribution in [0.4, 0.5) is 5.82 Å². The lowest BCUT2D eigenvalue weighted by Gasteiger charge is -2.18. The minimum Gasteiger partial charge on any atom is -0.369 e. The van der Waals surface area contributed by atoms with Gasteiger partial charge in [0.15, 0.2) is 0 Å². The normalized spacial score (nSPS) is 12.6. The van der Waals surface area contributed by atoms with Crippen LogP contribution in [0.5, 0.6) is 0 Å². The minimum absolute atomic E-state index is 0.0397. The van der Waals surface area contributed by atoms with Gasteiger partial charge in [0, 0.05) is 32.6 Å². The summed E-state index contributed by atoms with van der Waals surface area (Å²) in [6, 6.07) is 2.97. The largest absolute Gasteiger partial charge is 0.369 e. The van der Waals surface area contributed by atoms with Gasteiger partial charge in [0.25, 0.3) is 0 Å². The molecule has 0 aliphatic rings. The quantitative estimate of drug-likeness (QED) is 0.769. The third kappa shape index (κ3) is 4.43. The Morgan fingerprint density at radius 3 is 2.50 bits per heavy atom. The lowest BCUT2D eigenvalue weighted by molar-refractivity contribution is 0.485. The summed E-state index contributed by atoms with van der Waals surface area (Å²) < 4.78 is 48.1. The summed E-state index contributed by atoms with van der Waals surface area (Å²) in [4.78, 5) is 4.03. The Kier molecular flexibility index (Phi) is 5.49. The molecule has 1 aromatic heterocycles. The predicted molar refractivity (Wildman–Crippen MR) is 77.9 cm³/mol. The second-order valence-corrected chi connectivity index (χ2v) is 8.61. The maximum Gasteiger partial charge on any atom is 0.246 e. The van der Waals surface area contributed by atoms with Gasteiger partial charge < -0.3 is 5.32 Å². The zero-order chi connectivity index (χ0) is 15.4. The van der Waals surface area contributed by atoms with E-state index in [0.717, 1.165) is 10.6 Å². The highest BCUT2D eigenvalue weighted by atomic mass is 32.2. The van der Waals surface area contributed by atoms with Crippen LogP contribution >= 0.6 is 0 Å². The van der Waals surface area contributed by atoms with Crippen molar-refractivity contribution >= 4 is 25.7 Å². The minimum atomic E-state index is -3.77. The standard InChI is InChI=1S/C11H19N3O4S2/c1-4-12-11-10(6-5-7-13-11)20(17,18)14(2)8-9-19(3,15)16/h5-7H,4,8-9H2,1-3H3,(H,12,13). The average molecular weight is 321 g/mol. The molecule has 114 valence electrons. The molecular weight excluding hydrogens is 302 g/mol. The zero-order valence-electron chi connectivity index (χ0n) is 11.7. The van der Waals surface area contributed by atoms with Gasteiger partial charge in [-0.1, -0.05) is 0 Å². The summed E-state index contributed by atoms with van der Waals surface area (Å²) in [6.07, 6.45) is 2.56. The van der Waals surface area contributed by atoms with Gasteiger partial charge in [0.1, 0.15) is 20.6 Å². The molecule has 0 unspecified atom stereocenters. The van der Waals surface area contributed by atoms with Crippen molar-refractivity contribution in [3.8, 4) is 0 Å². The second-order valence-electron chi connectivity index (χ2n) is 4.34. The first kappa shape index (κ1) is 16.9. The number of rotatable bonds is 7. The average Bonchev–Trinajstić information content (AvgIpc) is 2.36. The first-order valence-electron chi connectivity index (χ1n) is 6.01. The smallest absolute Gasteiger partial charge is 0.246 e. The molecule has 7 nitrogen and oxygen atoms in total. The summed E-state index contributed by atoms with van der Waals surface area (Å²) in [5, 5.41) is 2.87. The Morgan fingerprint density at radius 2 is 1.95 bits per heavy atom. The SMILES string of the molecule is CCNc1ncccc1S(=O)(=O)N(C)CCS(C)(=O)=O. The van der Waals surface area contributed by atoms with Crippen molar-refractivity contribution in [1.82, 2.24) is 9.29 Å². The molecule has 0 radical (unpaired) electrons. The van der Waals surface area contributed by atoms with Gasteiger partial charge in [-0.05, 0) is 19.1 Å². The van der Waals surface area contributed by atoms with E-state index in [1.54, 1.807) is 0 Å². The second kappa shape index (κ2) is 6.51. The first-order valence-corrected chi connectivity index (χ1v) is 9.51. The number of hydrogen-bond acceptors (Lipinski definition) is 6. The van der Waals surface area contributed by atoms with Crippen LogP contribution in [0.1, 0.15) is 6.92 Å². The molecule has 0 fully saturated rings. The molecule has 0 amide bonds. The van der Waals surface area contributed by atoms with Gasteiger partial charge in [-0.2, -0.15) is 4.31 Å². The van der Waals surface area contributed by atoms with E-state index >= 15 is 0 Å². The van der Waals surface area contributed by atoms with Gasteiger partial charge in [0.2, 0.25) is 10.0 Å². The molecule has 1 N–H and O–H groups in total. The van der Waals surface area contributed by atoms with Crippen molar-refractivity contribution in [2.75, 3.05) is 37.5 Å². The molecule has 0 saturated carbocycles. The summed E-state index contributed by atoms with van der Waals surface area (Å²) in [7, 11) is -5.64. The molecule has 1 aromatic rings.